The molecule has 132 valence electrons. The van der Waals surface area contributed by atoms with E-state index in [4.69, 9.17) is 16.3 Å². The number of halogens is 2. The molecule has 0 unspecified atom stereocenters. The van der Waals surface area contributed by atoms with Crippen LogP contribution in [0.2, 0.25) is 5.02 Å². The van der Waals surface area contributed by atoms with Gasteiger partial charge in [-0.25, -0.2) is 4.39 Å². The largest absolute Gasteiger partial charge is 0.451 e. The first-order valence-electron chi connectivity index (χ1n) is 7.14. The van der Waals surface area contributed by atoms with Crippen LogP contribution in [-0.2, 0) is 14.3 Å². The van der Waals surface area contributed by atoms with Crippen molar-refractivity contribution in [3.8, 4) is 0 Å². The van der Waals surface area contributed by atoms with Gasteiger partial charge in [0.15, 0.2) is 6.10 Å². The van der Waals surface area contributed by atoms with Crippen LogP contribution in [0.15, 0.2) is 35.7 Å². The minimum Gasteiger partial charge on any atom is -0.451 e. The molecule has 0 aliphatic heterocycles. The first-order valence-corrected chi connectivity index (χ1v) is 8.39. The fraction of sp³-hybridized carbons (Fsp3) is 0.188. The highest BCUT2D eigenvalue weighted by atomic mass is 35.5. The van der Waals surface area contributed by atoms with Gasteiger partial charge in [-0.15, -0.1) is 11.3 Å². The lowest BCUT2D eigenvalue weighted by molar-refractivity contribution is -0.152. The van der Waals surface area contributed by atoms with E-state index in [1.165, 1.54) is 24.3 Å². The third-order valence-electron chi connectivity index (χ3n) is 3.00. The van der Waals surface area contributed by atoms with Gasteiger partial charge in [-0.05, 0) is 36.6 Å². The van der Waals surface area contributed by atoms with Crippen molar-refractivity contribution in [3.05, 3.63) is 51.4 Å². The van der Waals surface area contributed by atoms with Gasteiger partial charge >= 0.3 is 5.97 Å². The van der Waals surface area contributed by atoms with Gasteiger partial charge in [0.25, 0.3) is 11.8 Å². The Morgan fingerprint density at radius 3 is 2.72 bits per heavy atom. The summed E-state index contributed by atoms with van der Waals surface area (Å²) in [5, 5.41) is 6.59. The molecule has 25 heavy (non-hydrogen) atoms. The first-order chi connectivity index (χ1) is 11.9. The Hall–Kier alpha value is -2.45. The fourth-order valence-corrected chi connectivity index (χ4v) is 2.62. The highest BCUT2D eigenvalue weighted by Gasteiger charge is 2.19. The average Bonchev–Trinajstić information content (AvgIpc) is 3.09. The van der Waals surface area contributed by atoms with Crippen LogP contribution in [0.1, 0.15) is 16.6 Å². The molecule has 2 rings (SSSR count). The third kappa shape index (κ3) is 5.54. The summed E-state index contributed by atoms with van der Waals surface area (Å²) >= 11 is 7.05. The molecule has 0 radical (unpaired) electrons. The molecule has 9 heteroatoms. The van der Waals surface area contributed by atoms with Crippen molar-refractivity contribution in [2.75, 3.05) is 11.9 Å². The highest BCUT2D eigenvalue weighted by Crippen LogP contribution is 2.22. The summed E-state index contributed by atoms with van der Waals surface area (Å²) < 4.78 is 17.9. The standard InChI is InChI=1S/C16H14ClFN2O4S/c1-9(15(22)20-12-5-4-10(18)7-11(12)17)24-14(21)8-19-16(23)13-3-2-6-25-13/h2-7,9H,8H2,1H3,(H,19,23)(H,20,22)/t9-/m1/s1. The number of thiophene rings is 1. The Bertz CT molecular complexity index is 782. The van der Waals surface area contributed by atoms with E-state index in [2.05, 4.69) is 10.6 Å². The van der Waals surface area contributed by atoms with Gasteiger partial charge < -0.3 is 15.4 Å². The normalized spacial score (nSPS) is 11.5. The number of ether oxygens (including phenoxy) is 1. The number of hydrogen-bond donors (Lipinski definition) is 2. The number of nitrogens with one attached hydrogen (secondary N) is 2. The van der Waals surface area contributed by atoms with Gasteiger partial charge in [0, 0.05) is 0 Å². The number of anilines is 1. The number of carbonyl (C=O) groups is 3. The molecule has 1 aromatic carbocycles. The second kappa shape index (κ2) is 8.59. The number of carbonyl (C=O) groups excluding carboxylic acids is 3. The van der Waals surface area contributed by atoms with Crippen molar-refractivity contribution < 1.29 is 23.5 Å². The Balaban J connectivity index is 1.81. The van der Waals surface area contributed by atoms with E-state index in [9.17, 15) is 18.8 Å². The van der Waals surface area contributed by atoms with Gasteiger partial charge in [-0.3, -0.25) is 14.4 Å². The van der Waals surface area contributed by atoms with Crippen LogP contribution in [0.5, 0.6) is 0 Å². The zero-order chi connectivity index (χ0) is 18.4. The molecular formula is C16H14ClFN2O4S. The highest BCUT2D eigenvalue weighted by molar-refractivity contribution is 7.12. The van der Waals surface area contributed by atoms with E-state index >= 15 is 0 Å². The lowest BCUT2D eigenvalue weighted by atomic mass is 10.3. The van der Waals surface area contributed by atoms with Crippen molar-refractivity contribution in [3.63, 3.8) is 0 Å². The number of esters is 1. The minimum atomic E-state index is -1.12. The molecule has 0 saturated heterocycles. The second-order valence-corrected chi connectivity index (χ2v) is 6.26. The van der Waals surface area contributed by atoms with Crippen LogP contribution in [-0.4, -0.2) is 30.4 Å². The molecular weight excluding hydrogens is 371 g/mol. The van der Waals surface area contributed by atoms with Gasteiger partial charge in [0.1, 0.15) is 12.4 Å². The predicted molar refractivity (Wildman–Crippen MR) is 92.2 cm³/mol. The van der Waals surface area contributed by atoms with Crippen LogP contribution in [0, 0.1) is 5.82 Å². The Morgan fingerprint density at radius 1 is 1.32 bits per heavy atom. The monoisotopic (exact) mass is 384 g/mol. The minimum absolute atomic E-state index is 0.0232. The van der Waals surface area contributed by atoms with Crippen molar-refractivity contribution in [2.24, 2.45) is 0 Å². The Kier molecular flexibility index (Phi) is 6.49. The lowest BCUT2D eigenvalue weighted by Gasteiger charge is -2.14. The Labute approximate surface area is 151 Å². The Morgan fingerprint density at radius 2 is 2.08 bits per heavy atom. The zero-order valence-electron chi connectivity index (χ0n) is 13.0. The SMILES string of the molecule is C[C@@H](OC(=O)CNC(=O)c1cccs1)C(=O)Nc1ccc(F)cc1Cl. The van der Waals surface area contributed by atoms with Gasteiger partial charge in [0.05, 0.1) is 15.6 Å². The molecule has 0 spiro atoms. The van der Waals surface area contributed by atoms with E-state index in [1.807, 2.05) is 0 Å². The van der Waals surface area contributed by atoms with Crippen molar-refractivity contribution in [1.29, 1.82) is 0 Å². The maximum absolute atomic E-state index is 13.0. The number of rotatable bonds is 6. The van der Waals surface area contributed by atoms with Gasteiger partial charge in [-0.2, -0.15) is 0 Å². The molecule has 6 nitrogen and oxygen atoms in total. The topological polar surface area (TPSA) is 84.5 Å². The summed E-state index contributed by atoms with van der Waals surface area (Å²) in [5.74, 6) is -2.34. The molecule has 0 fully saturated rings. The maximum atomic E-state index is 13.0. The molecule has 2 N–H and O–H groups in total. The van der Waals surface area contributed by atoms with E-state index < -0.39 is 29.7 Å². The summed E-state index contributed by atoms with van der Waals surface area (Å²) in [4.78, 5) is 35.9. The number of amides is 2. The summed E-state index contributed by atoms with van der Waals surface area (Å²) in [7, 11) is 0. The first kappa shape index (κ1) is 18.9. The maximum Gasteiger partial charge on any atom is 0.326 e. The number of benzene rings is 1. The zero-order valence-corrected chi connectivity index (χ0v) is 14.6. The summed E-state index contributed by atoms with van der Waals surface area (Å²) in [5.41, 5.74) is 0.196. The van der Waals surface area contributed by atoms with Crippen LogP contribution in [0.25, 0.3) is 0 Å². The molecule has 2 amide bonds. The summed E-state index contributed by atoms with van der Waals surface area (Å²) in [6.45, 7) is 0.997. The van der Waals surface area contributed by atoms with Crippen molar-refractivity contribution in [2.45, 2.75) is 13.0 Å². The van der Waals surface area contributed by atoms with Gasteiger partial charge in [0.2, 0.25) is 0 Å². The fourth-order valence-electron chi connectivity index (χ4n) is 1.76. The number of hydrogen-bond acceptors (Lipinski definition) is 5. The van der Waals surface area contributed by atoms with E-state index in [0.717, 1.165) is 12.1 Å². The predicted octanol–water partition coefficient (Wildman–Crippen LogP) is 2.84. The molecule has 0 aliphatic carbocycles. The molecule has 0 bridgehead atoms. The third-order valence-corrected chi connectivity index (χ3v) is 4.19. The second-order valence-electron chi connectivity index (χ2n) is 4.91. The summed E-state index contributed by atoms with van der Waals surface area (Å²) in [6, 6.07) is 6.82. The van der Waals surface area contributed by atoms with Crippen molar-refractivity contribution in [1.82, 2.24) is 5.32 Å². The van der Waals surface area contributed by atoms with Crippen LogP contribution in [0.4, 0.5) is 10.1 Å². The summed E-state index contributed by atoms with van der Waals surface area (Å²) in [6.07, 6.45) is -1.12. The van der Waals surface area contributed by atoms with E-state index in [-0.39, 0.29) is 17.3 Å². The van der Waals surface area contributed by atoms with Crippen LogP contribution < -0.4 is 10.6 Å². The molecule has 2 aromatic rings. The van der Waals surface area contributed by atoms with Crippen LogP contribution >= 0.6 is 22.9 Å². The molecule has 0 saturated carbocycles. The average molecular weight is 385 g/mol. The molecule has 0 aliphatic rings. The van der Waals surface area contributed by atoms with Crippen molar-refractivity contribution >= 4 is 46.4 Å². The molecule has 1 heterocycles. The molecule has 1 aromatic heterocycles. The lowest BCUT2D eigenvalue weighted by Crippen LogP contribution is -2.35. The van der Waals surface area contributed by atoms with E-state index in [1.54, 1.807) is 17.5 Å². The van der Waals surface area contributed by atoms with Gasteiger partial charge in [-0.1, -0.05) is 17.7 Å². The van der Waals surface area contributed by atoms with E-state index in [0.29, 0.717) is 4.88 Å². The molecule has 1 atom stereocenters. The quantitative estimate of drug-likeness (QED) is 0.750. The smallest absolute Gasteiger partial charge is 0.326 e. The van der Waals surface area contributed by atoms with Crippen LogP contribution in [0.3, 0.4) is 0 Å².